The Morgan fingerprint density at radius 3 is 2.73 bits per heavy atom. The number of rotatable bonds is 2. The van der Waals surface area contributed by atoms with Crippen LogP contribution in [0, 0.1) is 0 Å². The highest BCUT2D eigenvalue weighted by molar-refractivity contribution is 5.83. The predicted molar refractivity (Wildman–Crippen MR) is 36.1 cm³/mol. The minimum Gasteiger partial charge on any atom is -0.475 e. The number of nitrogens with zero attached hydrogens (tertiary/aromatic N) is 2. The normalized spacial score (nSPS) is 10.0. The molecule has 0 aliphatic carbocycles. The molecule has 60 valence electrons. The number of aromatic carboxylic acids is 1. The van der Waals surface area contributed by atoms with Gasteiger partial charge in [-0.3, -0.25) is 0 Å². The third-order valence-electron chi connectivity index (χ3n) is 1.44. The summed E-state index contributed by atoms with van der Waals surface area (Å²) in [6.45, 7) is -0.198. The number of hydrogen-bond acceptors (Lipinski definition) is 3. The van der Waals surface area contributed by atoms with Crippen LogP contribution in [0.5, 0.6) is 0 Å². The van der Waals surface area contributed by atoms with E-state index in [0.717, 1.165) is 0 Å². The molecule has 0 radical (unpaired) electrons. The Bertz CT molecular complexity index is 279. The van der Waals surface area contributed by atoms with E-state index in [1.807, 2.05) is 0 Å². The van der Waals surface area contributed by atoms with E-state index in [1.54, 1.807) is 7.05 Å². The molecule has 1 rings (SSSR count). The van der Waals surface area contributed by atoms with Gasteiger partial charge in [0.15, 0.2) is 0 Å². The van der Waals surface area contributed by atoms with Gasteiger partial charge < -0.3 is 14.8 Å². The third-order valence-corrected chi connectivity index (χ3v) is 1.44. The second-order valence-corrected chi connectivity index (χ2v) is 2.10. The number of carboxylic acids is 1. The lowest BCUT2D eigenvalue weighted by Crippen LogP contribution is -2.07. The van der Waals surface area contributed by atoms with Crippen LogP contribution in [0.3, 0.4) is 0 Å². The second kappa shape index (κ2) is 2.71. The average molecular weight is 156 g/mol. The first-order chi connectivity index (χ1) is 5.16. The molecule has 5 nitrogen and oxygen atoms in total. The molecule has 0 aromatic carbocycles. The van der Waals surface area contributed by atoms with Crippen LogP contribution in [0.4, 0.5) is 0 Å². The predicted octanol–water partition coefficient (Wildman–Crippen LogP) is -0.389. The second-order valence-electron chi connectivity index (χ2n) is 2.10. The van der Waals surface area contributed by atoms with Gasteiger partial charge in [-0.15, -0.1) is 0 Å². The van der Waals surface area contributed by atoms with Crippen molar-refractivity contribution >= 4 is 5.97 Å². The maximum Gasteiger partial charge on any atom is 0.372 e. The zero-order valence-corrected chi connectivity index (χ0v) is 5.98. The van der Waals surface area contributed by atoms with Crippen molar-refractivity contribution in [2.24, 2.45) is 7.05 Å². The van der Waals surface area contributed by atoms with Gasteiger partial charge in [0.25, 0.3) is 0 Å². The maximum atomic E-state index is 10.4. The highest BCUT2D eigenvalue weighted by Gasteiger charge is 2.11. The van der Waals surface area contributed by atoms with Gasteiger partial charge in [0.05, 0.1) is 18.5 Å². The lowest BCUT2D eigenvalue weighted by molar-refractivity contribution is 0.0679. The van der Waals surface area contributed by atoms with Gasteiger partial charge >= 0.3 is 5.97 Å². The first-order valence-electron chi connectivity index (χ1n) is 3.01. The topological polar surface area (TPSA) is 75.3 Å². The molecule has 0 spiro atoms. The van der Waals surface area contributed by atoms with E-state index in [1.165, 1.54) is 10.8 Å². The summed E-state index contributed by atoms with van der Waals surface area (Å²) in [5.41, 5.74) is 0.488. The molecule has 2 N–H and O–H groups in total. The summed E-state index contributed by atoms with van der Waals surface area (Å²) >= 11 is 0. The fourth-order valence-electron chi connectivity index (χ4n) is 0.790. The monoisotopic (exact) mass is 156 g/mol. The quantitative estimate of drug-likeness (QED) is 0.611. The van der Waals surface area contributed by atoms with Gasteiger partial charge in [0.1, 0.15) is 0 Å². The Labute approximate surface area is 62.9 Å². The van der Waals surface area contributed by atoms with Crippen LogP contribution >= 0.6 is 0 Å². The van der Waals surface area contributed by atoms with Crippen LogP contribution in [-0.4, -0.2) is 25.7 Å². The molecule has 1 aromatic rings. The Morgan fingerprint density at radius 1 is 1.82 bits per heavy atom. The molecular formula is C6H8N2O3. The van der Waals surface area contributed by atoms with E-state index in [9.17, 15) is 4.79 Å². The largest absolute Gasteiger partial charge is 0.475 e. The summed E-state index contributed by atoms with van der Waals surface area (Å²) in [6.07, 6.45) is 1.34. The van der Waals surface area contributed by atoms with Gasteiger partial charge in [-0.25, -0.2) is 9.78 Å². The number of carboxylic acid groups (broad SMARTS) is 1. The Morgan fingerprint density at radius 2 is 2.45 bits per heavy atom. The first kappa shape index (κ1) is 7.74. The Balaban J connectivity index is 3.10. The van der Waals surface area contributed by atoms with Crippen molar-refractivity contribution < 1.29 is 15.0 Å². The first-order valence-corrected chi connectivity index (χ1v) is 3.01. The molecule has 0 saturated heterocycles. The van der Waals surface area contributed by atoms with Crippen LogP contribution < -0.4 is 0 Å². The van der Waals surface area contributed by atoms with E-state index in [4.69, 9.17) is 10.2 Å². The summed E-state index contributed by atoms with van der Waals surface area (Å²) in [6, 6.07) is 0. The van der Waals surface area contributed by atoms with E-state index in [0.29, 0.717) is 5.69 Å². The molecule has 0 bridgehead atoms. The standard InChI is InChI=1S/C6H8N2O3/c1-8-4(3-9)2-7-5(8)6(10)11/h2,9H,3H2,1H3,(H,10,11). The molecule has 5 heteroatoms. The number of aliphatic hydroxyl groups is 1. The average Bonchev–Trinajstić information content (AvgIpc) is 2.30. The summed E-state index contributed by atoms with van der Waals surface area (Å²) in [5, 5.41) is 17.2. The highest BCUT2D eigenvalue weighted by Crippen LogP contribution is 2.01. The number of aromatic nitrogens is 2. The smallest absolute Gasteiger partial charge is 0.372 e. The molecule has 0 aliphatic heterocycles. The van der Waals surface area contributed by atoms with E-state index < -0.39 is 5.97 Å². The maximum absolute atomic E-state index is 10.4. The van der Waals surface area contributed by atoms with Crippen LogP contribution in [0.2, 0.25) is 0 Å². The molecule has 0 aliphatic rings. The summed E-state index contributed by atoms with van der Waals surface area (Å²) in [7, 11) is 1.54. The van der Waals surface area contributed by atoms with Crippen molar-refractivity contribution in [2.75, 3.05) is 0 Å². The summed E-state index contributed by atoms with van der Waals surface area (Å²) in [4.78, 5) is 14.0. The van der Waals surface area contributed by atoms with E-state index in [-0.39, 0.29) is 12.4 Å². The van der Waals surface area contributed by atoms with E-state index >= 15 is 0 Å². The molecule has 0 fully saturated rings. The van der Waals surface area contributed by atoms with Gasteiger partial charge in [-0.1, -0.05) is 0 Å². The zero-order valence-electron chi connectivity index (χ0n) is 5.98. The number of hydrogen-bond donors (Lipinski definition) is 2. The van der Waals surface area contributed by atoms with Crippen LogP contribution in [0.1, 0.15) is 16.3 Å². The van der Waals surface area contributed by atoms with Crippen molar-refractivity contribution in [2.45, 2.75) is 6.61 Å². The van der Waals surface area contributed by atoms with Gasteiger partial charge in [0, 0.05) is 7.05 Å². The van der Waals surface area contributed by atoms with Gasteiger partial charge in [-0.05, 0) is 0 Å². The Hall–Kier alpha value is -1.36. The van der Waals surface area contributed by atoms with Gasteiger partial charge in [-0.2, -0.15) is 0 Å². The lowest BCUT2D eigenvalue weighted by Gasteiger charge is -1.98. The van der Waals surface area contributed by atoms with Crippen molar-refractivity contribution in [1.29, 1.82) is 0 Å². The fraction of sp³-hybridized carbons (Fsp3) is 0.333. The molecule has 1 aromatic heterocycles. The van der Waals surface area contributed by atoms with Crippen molar-refractivity contribution in [1.82, 2.24) is 9.55 Å². The van der Waals surface area contributed by atoms with Crippen molar-refractivity contribution in [3.8, 4) is 0 Å². The SMILES string of the molecule is Cn1c(CO)cnc1C(=O)O. The number of imidazole rings is 1. The molecule has 0 unspecified atom stereocenters. The van der Waals surface area contributed by atoms with Crippen molar-refractivity contribution in [3.63, 3.8) is 0 Å². The minimum absolute atomic E-state index is 0.0611. The third kappa shape index (κ3) is 1.22. The van der Waals surface area contributed by atoms with E-state index in [2.05, 4.69) is 4.98 Å². The molecule has 0 atom stereocenters. The van der Waals surface area contributed by atoms with Crippen molar-refractivity contribution in [3.05, 3.63) is 17.7 Å². The van der Waals surface area contributed by atoms with Crippen LogP contribution in [0.15, 0.2) is 6.20 Å². The number of carbonyl (C=O) groups is 1. The molecular weight excluding hydrogens is 148 g/mol. The molecule has 1 heterocycles. The summed E-state index contributed by atoms with van der Waals surface area (Å²) in [5.74, 6) is -1.15. The molecule has 11 heavy (non-hydrogen) atoms. The molecule has 0 amide bonds. The minimum atomic E-state index is -1.09. The van der Waals surface area contributed by atoms with Crippen LogP contribution in [-0.2, 0) is 13.7 Å². The summed E-state index contributed by atoms with van der Waals surface area (Å²) < 4.78 is 1.34. The lowest BCUT2D eigenvalue weighted by atomic mass is 10.5. The zero-order chi connectivity index (χ0) is 8.43. The van der Waals surface area contributed by atoms with Crippen LogP contribution in [0.25, 0.3) is 0 Å². The highest BCUT2D eigenvalue weighted by atomic mass is 16.4. The number of aliphatic hydroxyl groups excluding tert-OH is 1. The fourth-order valence-corrected chi connectivity index (χ4v) is 0.790. The Kier molecular flexibility index (Phi) is 1.91. The molecule has 0 saturated carbocycles. The van der Waals surface area contributed by atoms with Gasteiger partial charge in [0.2, 0.25) is 5.82 Å².